The molecule has 0 unspecified atom stereocenters. The van der Waals surface area contributed by atoms with Crippen LogP contribution in [0.4, 0.5) is 13.2 Å². The number of benzene rings is 1. The lowest BCUT2D eigenvalue weighted by atomic mass is 10.1. The Labute approximate surface area is 143 Å². The summed E-state index contributed by atoms with van der Waals surface area (Å²) in [5.41, 5.74) is -2.66. The van der Waals surface area contributed by atoms with Gasteiger partial charge in [-0.15, -0.1) is 0 Å². The standard InChI is InChI=1S/C16H21F3N2O4/c1-4-25-14(23)15(16(17,18)19,21-11(2)22)20-10-9-12-7-5-6-8-13(12)24-3/h5-8,20H,4,9-10H2,1-3H3,(H,21,22)/t15-/m1/s1. The molecule has 1 amide bonds. The second-order valence-electron chi connectivity index (χ2n) is 5.14. The van der Waals surface area contributed by atoms with Gasteiger partial charge in [-0.05, 0) is 25.0 Å². The van der Waals surface area contributed by atoms with E-state index in [2.05, 4.69) is 10.1 Å². The van der Waals surface area contributed by atoms with Gasteiger partial charge in [0.1, 0.15) is 5.75 Å². The zero-order valence-electron chi connectivity index (χ0n) is 14.2. The van der Waals surface area contributed by atoms with Gasteiger partial charge in [0.15, 0.2) is 0 Å². The third-order valence-corrected chi connectivity index (χ3v) is 3.35. The molecule has 140 valence electrons. The maximum Gasteiger partial charge on any atom is 0.436 e. The molecular formula is C16H21F3N2O4. The van der Waals surface area contributed by atoms with E-state index < -0.39 is 23.7 Å². The topological polar surface area (TPSA) is 76.7 Å². The van der Waals surface area contributed by atoms with Crippen LogP contribution in [0, 0.1) is 0 Å². The highest BCUT2D eigenvalue weighted by Crippen LogP contribution is 2.30. The van der Waals surface area contributed by atoms with Crippen molar-refractivity contribution in [2.24, 2.45) is 0 Å². The molecule has 0 bridgehead atoms. The van der Waals surface area contributed by atoms with Gasteiger partial charge in [-0.2, -0.15) is 13.2 Å². The average Bonchev–Trinajstić information content (AvgIpc) is 2.53. The number of esters is 1. The molecule has 0 fully saturated rings. The molecule has 1 atom stereocenters. The number of amides is 1. The predicted molar refractivity (Wildman–Crippen MR) is 83.9 cm³/mol. The Kier molecular flexibility index (Phi) is 7.22. The zero-order chi connectivity index (χ0) is 19.1. The molecule has 0 aromatic heterocycles. The summed E-state index contributed by atoms with van der Waals surface area (Å²) in [5.74, 6) is -2.12. The quantitative estimate of drug-likeness (QED) is 0.545. The minimum Gasteiger partial charge on any atom is -0.496 e. The molecule has 0 saturated heterocycles. The summed E-state index contributed by atoms with van der Waals surface area (Å²) in [7, 11) is 1.45. The normalized spacial score (nSPS) is 13.7. The molecule has 0 aliphatic heterocycles. The van der Waals surface area contributed by atoms with Crippen LogP contribution in [0.25, 0.3) is 0 Å². The first-order chi connectivity index (χ1) is 11.7. The minimum atomic E-state index is -5.09. The van der Waals surface area contributed by atoms with Crippen LogP contribution in [0.15, 0.2) is 24.3 Å². The monoisotopic (exact) mass is 362 g/mol. The van der Waals surface area contributed by atoms with Crippen molar-refractivity contribution in [3.8, 4) is 5.75 Å². The Morgan fingerprint density at radius 2 is 1.84 bits per heavy atom. The molecule has 0 aliphatic rings. The first kappa shape index (κ1) is 20.8. The lowest BCUT2D eigenvalue weighted by Gasteiger charge is -2.34. The van der Waals surface area contributed by atoms with Crippen molar-refractivity contribution in [2.45, 2.75) is 32.1 Å². The second kappa shape index (κ2) is 8.70. The number of alkyl halides is 3. The fourth-order valence-electron chi connectivity index (χ4n) is 2.25. The first-order valence-electron chi connectivity index (χ1n) is 7.57. The van der Waals surface area contributed by atoms with Crippen LogP contribution in [0.5, 0.6) is 5.75 Å². The SMILES string of the molecule is CCOC(=O)[C@@](NCCc1ccccc1OC)(NC(C)=O)C(F)(F)F. The largest absolute Gasteiger partial charge is 0.496 e. The van der Waals surface area contributed by atoms with E-state index in [0.29, 0.717) is 11.3 Å². The number of halogens is 3. The summed E-state index contributed by atoms with van der Waals surface area (Å²) in [6.07, 6.45) is -4.95. The Bertz CT molecular complexity index is 607. The number of methoxy groups -OCH3 is 1. The number of hydrogen-bond acceptors (Lipinski definition) is 5. The predicted octanol–water partition coefficient (Wildman–Crippen LogP) is 1.79. The molecule has 1 rings (SSSR count). The van der Waals surface area contributed by atoms with E-state index in [0.717, 1.165) is 6.92 Å². The van der Waals surface area contributed by atoms with Gasteiger partial charge in [0, 0.05) is 13.5 Å². The van der Waals surface area contributed by atoms with E-state index in [4.69, 9.17) is 4.74 Å². The summed E-state index contributed by atoms with van der Waals surface area (Å²) in [5, 5.41) is 3.75. The highest BCUT2D eigenvalue weighted by molar-refractivity contribution is 5.87. The van der Waals surface area contributed by atoms with Crippen molar-refractivity contribution in [2.75, 3.05) is 20.3 Å². The summed E-state index contributed by atoms with van der Waals surface area (Å²) >= 11 is 0. The Balaban J connectivity index is 3.03. The number of carbonyl (C=O) groups excluding carboxylic acids is 2. The van der Waals surface area contributed by atoms with E-state index in [1.54, 1.807) is 29.6 Å². The molecule has 0 heterocycles. The van der Waals surface area contributed by atoms with E-state index in [1.807, 2.05) is 0 Å². The molecule has 9 heteroatoms. The molecule has 6 nitrogen and oxygen atoms in total. The van der Waals surface area contributed by atoms with Gasteiger partial charge >= 0.3 is 12.1 Å². The van der Waals surface area contributed by atoms with Crippen molar-refractivity contribution in [1.29, 1.82) is 0 Å². The highest BCUT2D eigenvalue weighted by atomic mass is 19.4. The van der Waals surface area contributed by atoms with Crippen molar-refractivity contribution in [3.05, 3.63) is 29.8 Å². The van der Waals surface area contributed by atoms with Gasteiger partial charge in [0.2, 0.25) is 5.91 Å². The van der Waals surface area contributed by atoms with E-state index in [1.165, 1.54) is 14.0 Å². The molecule has 0 radical (unpaired) electrons. The maximum absolute atomic E-state index is 13.6. The summed E-state index contributed by atoms with van der Waals surface area (Å²) in [6, 6.07) is 6.81. The average molecular weight is 362 g/mol. The van der Waals surface area contributed by atoms with Gasteiger partial charge in [0.25, 0.3) is 5.66 Å². The molecule has 25 heavy (non-hydrogen) atoms. The van der Waals surface area contributed by atoms with Crippen LogP contribution in [0.1, 0.15) is 19.4 Å². The number of nitrogens with one attached hydrogen (secondary N) is 2. The molecule has 1 aromatic rings. The Hall–Kier alpha value is -2.29. The van der Waals surface area contributed by atoms with Gasteiger partial charge in [-0.25, -0.2) is 4.79 Å². The van der Waals surface area contributed by atoms with Gasteiger partial charge in [-0.1, -0.05) is 18.2 Å². The fraction of sp³-hybridized carbons (Fsp3) is 0.500. The van der Waals surface area contributed by atoms with Gasteiger partial charge in [0.05, 0.1) is 13.7 Å². The van der Waals surface area contributed by atoms with Crippen LogP contribution in [-0.2, 0) is 20.7 Å². The molecule has 0 aliphatic carbocycles. The summed E-state index contributed by atoms with van der Waals surface area (Å²) in [6.45, 7) is 1.76. The van der Waals surface area contributed by atoms with Crippen LogP contribution in [-0.4, -0.2) is 44.0 Å². The van der Waals surface area contributed by atoms with E-state index >= 15 is 0 Å². The third kappa shape index (κ3) is 5.09. The Morgan fingerprint density at radius 3 is 2.36 bits per heavy atom. The number of hydrogen-bond donors (Lipinski definition) is 2. The molecule has 0 saturated carbocycles. The summed E-state index contributed by atoms with van der Waals surface area (Å²) < 4.78 is 50.4. The van der Waals surface area contributed by atoms with Crippen molar-refractivity contribution < 1.29 is 32.2 Å². The molecule has 0 spiro atoms. The number of rotatable bonds is 8. The number of carbonyl (C=O) groups is 2. The molecule has 2 N–H and O–H groups in total. The molecular weight excluding hydrogens is 341 g/mol. The van der Waals surface area contributed by atoms with Crippen molar-refractivity contribution in [1.82, 2.24) is 10.6 Å². The first-order valence-corrected chi connectivity index (χ1v) is 7.57. The lowest BCUT2D eigenvalue weighted by Crippen LogP contribution is -2.72. The van der Waals surface area contributed by atoms with Gasteiger partial charge < -0.3 is 14.8 Å². The van der Waals surface area contributed by atoms with Crippen LogP contribution in [0.3, 0.4) is 0 Å². The van der Waals surface area contributed by atoms with Gasteiger partial charge in [-0.3, -0.25) is 10.1 Å². The van der Waals surface area contributed by atoms with Crippen LogP contribution < -0.4 is 15.4 Å². The van der Waals surface area contributed by atoms with E-state index in [9.17, 15) is 22.8 Å². The number of ether oxygens (including phenoxy) is 2. The fourth-order valence-corrected chi connectivity index (χ4v) is 2.25. The van der Waals surface area contributed by atoms with Crippen LogP contribution >= 0.6 is 0 Å². The van der Waals surface area contributed by atoms with Crippen molar-refractivity contribution >= 4 is 11.9 Å². The molecule has 1 aromatic carbocycles. The van der Waals surface area contributed by atoms with Crippen LogP contribution in [0.2, 0.25) is 0 Å². The maximum atomic E-state index is 13.6. The second-order valence-corrected chi connectivity index (χ2v) is 5.14. The summed E-state index contributed by atoms with van der Waals surface area (Å²) in [4.78, 5) is 23.2. The van der Waals surface area contributed by atoms with E-state index in [-0.39, 0.29) is 19.6 Å². The van der Waals surface area contributed by atoms with Crippen molar-refractivity contribution in [3.63, 3.8) is 0 Å². The third-order valence-electron chi connectivity index (χ3n) is 3.35. The lowest BCUT2D eigenvalue weighted by molar-refractivity contribution is -0.221. The zero-order valence-corrected chi connectivity index (χ0v) is 14.2. The minimum absolute atomic E-state index is 0.140. The highest BCUT2D eigenvalue weighted by Gasteiger charge is 2.62. The number of para-hydroxylation sites is 1. The Morgan fingerprint density at radius 1 is 1.20 bits per heavy atom. The smallest absolute Gasteiger partial charge is 0.436 e.